The van der Waals surface area contributed by atoms with E-state index in [1.54, 1.807) is 30.5 Å². The average Bonchev–Trinajstić information content (AvgIpc) is 3.33. The Morgan fingerprint density at radius 3 is 2.15 bits per heavy atom. The smallest absolute Gasteiger partial charge is 0.145 e. The minimum absolute atomic E-state index is 0.347. The molecular formula is C25H32ClFN4O2. The first-order chi connectivity index (χ1) is 16.0. The molecule has 0 spiro atoms. The number of methoxy groups -OCH3 is 1. The largest absolute Gasteiger partial charge is 0.495 e. The summed E-state index contributed by atoms with van der Waals surface area (Å²) in [5.74, 6) is 1.08. The summed E-state index contributed by atoms with van der Waals surface area (Å²) in [6.07, 6.45) is 7.00. The summed E-state index contributed by atoms with van der Waals surface area (Å²) in [5.41, 5.74) is 11.9. The molecule has 33 heavy (non-hydrogen) atoms. The Morgan fingerprint density at radius 2 is 1.67 bits per heavy atom. The first kappa shape index (κ1) is 26.5. The number of aryl methyl sites for hydroxylation is 4. The second-order valence-corrected chi connectivity index (χ2v) is 7.71. The lowest BCUT2D eigenvalue weighted by atomic mass is 10.1. The van der Waals surface area contributed by atoms with E-state index in [1.807, 2.05) is 13.8 Å². The number of ether oxygens (including phenoxy) is 1. The standard InChI is InChI=1S/C14H17ClN4O.C9H10.C2H5FO/c1-4-10-13(18-11(5-2)14(16)19-10)12-9(15)6-8(20-3)7-17-12;1-2-5-9-7-3-6-8(9)4-1;3-1-2-4/h6-7H,4-5H2,1-3H3,(H2,16,19);1-2,4-5H,3,6-7H2;4H,1-2H2. The van der Waals surface area contributed by atoms with Crippen LogP contribution in [0.15, 0.2) is 36.5 Å². The Balaban J connectivity index is 0.000000242. The number of anilines is 1. The van der Waals surface area contributed by atoms with Gasteiger partial charge in [-0.15, -0.1) is 0 Å². The number of benzene rings is 1. The van der Waals surface area contributed by atoms with Crippen LogP contribution in [0.25, 0.3) is 11.4 Å². The quantitative estimate of drug-likeness (QED) is 0.538. The highest BCUT2D eigenvalue weighted by Crippen LogP contribution is 2.30. The number of nitrogen functional groups attached to an aromatic ring is 1. The fourth-order valence-electron chi connectivity index (χ4n) is 3.44. The third kappa shape index (κ3) is 7.37. The van der Waals surface area contributed by atoms with Crippen molar-refractivity contribution in [2.45, 2.75) is 46.0 Å². The zero-order chi connectivity index (χ0) is 24.2. The van der Waals surface area contributed by atoms with Gasteiger partial charge >= 0.3 is 0 Å². The van der Waals surface area contributed by atoms with Gasteiger partial charge in [-0.05, 0) is 43.2 Å². The van der Waals surface area contributed by atoms with Crippen molar-refractivity contribution >= 4 is 17.4 Å². The number of nitrogens with two attached hydrogens (primary N) is 1. The van der Waals surface area contributed by atoms with Crippen LogP contribution in [0.5, 0.6) is 5.75 Å². The monoisotopic (exact) mass is 474 g/mol. The summed E-state index contributed by atoms with van der Waals surface area (Å²) >= 11 is 6.27. The van der Waals surface area contributed by atoms with Crippen LogP contribution < -0.4 is 10.5 Å². The molecule has 2 aromatic heterocycles. The summed E-state index contributed by atoms with van der Waals surface area (Å²) in [4.78, 5) is 13.3. The maximum Gasteiger partial charge on any atom is 0.145 e. The lowest BCUT2D eigenvalue weighted by Gasteiger charge is -2.11. The van der Waals surface area contributed by atoms with Crippen LogP contribution in [0.1, 0.15) is 42.8 Å². The Bertz CT molecular complexity index is 1010. The predicted octanol–water partition coefficient (Wildman–Crippen LogP) is 5.03. The minimum atomic E-state index is -0.625. The van der Waals surface area contributed by atoms with E-state index in [4.69, 9.17) is 27.2 Å². The van der Waals surface area contributed by atoms with Gasteiger partial charge in [0.1, 0.15) is 29.6 Å². The van der Waals surface area contributed by atoms with Crippen molar-refractivity contribution in [3.8, 4) is 17.1 Å². The van der Waals surface area contributed by atoms with E-state index < -0.39 is 6.67 Å². The normalized spacial score (nSPS) is 11.6. The molecule has 1 aromatic carbocycles. The van der Waals surface area contributed by atoms with Gasteiger partial charge in [0.15, 0.2) is 0 Å². The summed E-state index contributed by atoms with van der Waals surface area (Å²) < 4.78 is 15.6. The third-order valence-electron chi connectivity index (χ3n) is 5.11. The van der Waals surface area contributed by atoms with E-state index >= 15 is 0 Å². The van der Waals surface area contributed by atoms with Gasteiger partial charge in [0.05, 0.1) is 36.3 Å². The maximum atomic E-state index is 10.5. The second kappa shape index (κ2) is 13.7. The van der Waals surface area contributed by atoms with Crippen molar-refractivity contribution in [3.05, 3.63) is 64.1 Å². The SMILES string of the molecule is CCc1nc(-c2ncc(OC)cc2Cl)c(CC)nc1N.OCCF.c1ccc2c(c1)CCC2. The van der Waals surface area contributed by atoms with E-state index in [2.05, 4.69) is 39.2 Å². The Hall–Kier alpha value is -2.77. The molecule has 0 aliphatic heterocycles. The second-order valence-electron chi connectivity index (χ2n) is 7.30. The molecule has 1 aliphatic rings. The third-order valence-corrected chi connectivity index (χ3v) is 5.40. The fourth-order valence-corrected chi connectivity index (χ4v) is 3.68. The van der Waals surface area contributed by atoms with Crippen molar-refractivity contribution in [3.63, 3.8) is 0 Å². The van der Waals surface area contributed by atoms with Gasteiger partial charge in [-0.25, -0.2) is 19.3 Å². The molecule has 1 aliphatic carbocycles. The fraction of sp³-hybridized carbons (Fsp3) is 0.400. The van der Waals surface area contributed by atoms with E-state index in [0.29, 0.717) is 40.8 Å². The number of alkyl halides is 1. The Kier molecular flexibility index (Phi) is 11.0. The molecule has 3 aromatic rings. The van der Waals surface area contributed by atoms with Crippen molar-refractivity contribution in [1.82, 2.24) is 15.0 Å². The molecule has 0 unspecified atom stereocenters. The van der Waals surface area contributed by atoms with Gasteiger partial charge < -0.3 is 15.6 Å². The molecule has 0 radical (unpaired) electrons. The van der Waals surface area contributed by atoms with Crippen molar-refractivity contribution in [1.29, 1.82) is 0 Å². The summed E-state index contributed by atoms with van der Waals surface area (Å²) in [6, 6.07) is 10.5. The zero-order valence-electron chi connectivity index (χ0n) is 19.4. The lowest BCUT2D eigenvalue weighted by molar-refractivity contribution is 0.253. The Labute approximate surface area is 200 Å². The molecule has 0 saturated heterocycles. The number of fused-ring (bicyclic) bond motifs is 1. The number of hydrogen-bond acceptors (Lipinski definition) is 6. The van der Waals surface area contributed by atoms with E-state index in [9.17, 15) is 4.39 Å². The minimum Gasteiger partial charge on any atom is -0.495 e. The number of halogens is 2. The molecular weight excluding hydrogens is 443 g/mol. The van der Waals surface area contributed by atoms with Crippen LogP contribution in [-0.4, -0.2) is 40.4 Å². The van der Waals surface area contributed by atoms with Crippen molar-refractivity contribution in [2.75, 3.05) is 26.1 Å². The van der Waals surface area contributed by atoms with E-state index in [0.717, 1.165) is 11.4 Å². The predicted molar refractivity (Wildman–Crippen MR) is 132 cm³/mol. The summed E-state index contributed by atoms with van der Waals surface area (Å²) in [6.45, 7) is 3.01. The molecule has 0 bridgehead atoms. The van der Waals surface area contributed by atoms with Crippen molar-refractivity contribution < 1.29 is 14.2 Å². The summed E-state index contributed by atoms with van der Waals surface area (Å²) in [5, 5.41) is 7.99. The number of aliphatic hydroxyl groups is 1. The Morgan fingerprint density at radius 1 is 1.06 bits per heavy atom. The van der Waals surface area contributed by atoms with Gasteiger partial charge in [0, 0.05) is 6.07 Å². The molecule has 0 atom stereocenters. The van der Waals surface area contributed by atoms with Gasteiger partial charge in [-0.3, -0.25) is 0 Å². The van der Waals surface area contributed by atoms with Gasteiger partial charge in [-0.2, -0.15) is 0 Å². The molecule has 8 heteroatoms. The maximum absolute atomic E-state index is 10.5. The number of nitrogens with zero attached hydrogens (tertiary/aromatic N) is 3. The van der Waals surface area contributed by atoms with E-state index in [-0.39, 0.29) is 6.61 Å². The van der Waals surface area contributed by atoms with Crippen LogP contribution in [0, 0.1) is 0 Å². The highest BCUT2D eigenvalue weighted by molar-refractivity contribution is 6.33. The van der Waals surface area contributed by atoms with Crippen LogP contribution in [0.4, 0.5) is 10.2 Å². The number of aliphatic hydroxyl groups excluding tert-OH is 1. The molecule has 6 nitrogen and oxygen atoms in total. The van der Waals surface area contributed by atoms with Crippen LogP contribution in [0.2, 0.25) is 5.02 Å². The number of rotatable bonds is 5. The van der Waals surface area contributed by atoms with Gasteiger partial charge in [0.2, 0.25) is 0 Å². The topological polar surface area (TPSA) is 94.2 Å². The first-order valence-electron chi connectivity index (χ1n) is 11.1. The van der Waals surface area contributed by atoms with Crippen LogP contribution >= 0.6 is 11.6 Å². The average molecular weight is 475 g/mol. The summed E-state index contributed by atoms with van der Waals surface area (Å²) in [7, 11) is 1.57. The zero-order valence-corrected chi connectivity index (χ0v) is 20.2. The first-order valence-corrected chi connectivity index (χ1v) is 11.4. The number of hydrogen-bond donors (Lipinski definition) is 2. The molecule has 0 saturated carbocycles. The van der Waals surface area contributed by atoms with Crippen LogP contribution in [0.3, 0.4) is 0 Å². The number of pyridine rings is 1. The molecule has 0 fully saturated rings. The molecule has 0 amide bonds. The van der Waals surface area contributed by atoms with Gasteiger partial charge in [-0.1, -0.05) is 49.7 Å². The van der Waals surface area contributed by atoms with Crippen LogP contribution in [-0.2, 0) is 25.7 Å². The molecule has 178 valence electrons. The molecule has 3 N–H and O–H groups in total. The van der Waals surface area contributed by atoms with Crippen molar-refractivity contribution in [2.24, 2.45) is 0 Å². The highest BCUT2D eigenvalue weighted by Gasteiger charge is 2.16. The molecule has 4 rings (SSSR count). The molecule has 2 heterocycles. The highest BCUT2D eigenvalue weighted by atomic mass is 35.5. The van der Waals surface area contributed by atoms with E-state index in [1.165, 1.54) is 19.3 Å². The number of aromatic nitrogens is 3. The lowest BCUT2D eigenvalue weighted by Crippen LogP contribution is -2.07. The van der Waals surface area contributed by atoms with Gasteiger partial charge in [0.25, 0.3) is 0 Å².